The maximum atomic E-state index is 13.0. The molecule has 2 N–H and O–H groups in total. The Morgan fingerprint density at radius 2 is 1.85 bits per heavy atom. The predicted molar refractivity (Wildman–Crippen MR) is 108 cm³/mol. The van der Waals surface area contributed by atoms with Gasteiger partial charge >= 0.3 is 0 Å². The zero-order chi connectivity index (χ0) is 18.8. The molecule has 1 aliphatic carbocycles. The number of methoxy groups -OCH3 is 1. The molecule has 1 atom stereocenters. The van der Waals surface area contributed by atoms with E-state index in [0.29, 0.717) is 17.1 Å². The van der Waals surface area contributed by atoms with E-state index in [4.69, 9.17) is 4.74 Å². The molecule has 2 heterocycles. The Bertz CT molecular complexity index is 881. The monoisotopic (exact) mass is 387 g/mol. The molecule has 2 aliphatic rings. The van der Waals surface area contributed by atoms with Gasteiger partial charge in [0.1, 0.15) is 11.6 Å². The topological polar surface area (TPSA) is 76.1 Å². The summed E-state index contributed by atoms with van der Waals surface area (Å²) >= 11 is 1.47. The number of nitrogens with one attached hydrogen (secondary N) is 2. The molecule has 4 rings (SSSR count). The van der Waals surface area contributed by atoms with Crippen molar-refractivity contribution in [3.05, 3.63) is 45.7 Å². The summed E-state index contributed by atoms with van der Waals surface area (Å²) in [5.41, 5.74) is 1.42. The fourth-order valence-corrected chi connectivity index (χ4v) is 5.31. The number of aromatic nitrogens is 2. The molecule has 1 fully saturated rings. The van der Waals surface area contributed by atoms with Crippen molar-refractivity contribution in [1.29, 1.82) is 0 Å². The fraction of sp³-hybridized carbons (Fsp3) is 0.500. The summed E-state index contributed by atoms with van der Waals surface area (Å²) in [6.07, 6.45) is 6.82. The van der Waals surface area contributed by atoms with E-state index in [1.54, 1.807) is 7.11 Å². The van der Waals surface area contributed by atoms with Crippen LogP contribution in [-0.4, -0.2) is 28.6 Å². The van der Waals surface area contributed by atoms with Gasteiger partial charge < -0.3 is 10.1 Å². The zero-order valence-corrected chi connectivity index (χ0v) is 16.3. The Morgan fingerprint density at radius 1 is 1.11 bits per heavy atom. The second-order valence-electron chi connectivity index (χ2n) is 7.20. The molecule has 0 spiro atoms. The highest BCUT2D eigenvalue weighted by atomic mass is 32.2. The third-order valence-electron chi connectivity index (χ3n) is 5.47. The summed E-state index contributed by atoms with van der Waals surface area (Å²) in [7, 11) is 1.63. The molecule has 0 radical (unpaired) electrons. The lowest BCUT2D eigenvalue weighted by molar-refractivity contribution is -0.113. The van der Waals surface area contributed by atoms with Crippen molar-refractivity contribution in [2.75, 3.05) is 18.2 Å². The number of aromatic amines is 1. The van der Waals surface area contributed by atoms with Crippen LogP contribution in [0, 0.1) is 0 Å². The maximum absolute atomic E-state index is 13.0. The fourth-order valence-electron chi connectivity index (χ4n) is 4.16. The number of amides is 1. The normalized spacial score (nSPS) is 21.1. The average Bonchev–Trinajstić information content (AvgIpc) is 2.89. The van der Waals surface area contributed by atoms with Crippen LogP contribution >= 0.6 is 11.8 Å². The van der Waals surface area contributed by atoms with Crippen LogP contribution in [-0.2, 0) is 4.79 Å². The third-order valence-corrected chi connectivity index (χ3v) is 6.73. The second-order valence-corrected chi connectivity index (χ2v) is 8.29. The van der Waals surface area contributed by atoms with Gasteiger partial charge in [-0.25, -0.2) is 0 Å². The van der Waals surface area contributed by atoms with E-state index in [9.17, 15) is 9.59 Å². The van der Waals surface area contributed by atoms with Crippen LogP contribution < -0.4 is 15.6 Å². The molecule has 1 aliphatic heterocycles. The lowest BCUT2D eigenvalue weighted by Gasteiger charge is -2.20. The number of ether oxygens (including phenoxy) is 1. The van der Waals surface area contributed by atoms with Gasteiger partial charge in [-0.2, -0.15) is 0 Å². The molecule has 2 aromatic rings. The van der Waals surface area contributed by atoms with Crippen LogP contribution in [0.25, 0.3) is 0 Å². The van der Waals surface area contributed by atoms with Crippen LogP contribution in [0.3, 0.4) is 0 Å². The van der Waals surface area contributed by atoms with E-state index in [1.165, 1.54) is 24.6 Å². The van der Waals surface area contributed by atoms with Crippen LogP contribution in [0.5, 0.6) is 5.75 Å². The van der Waals surface area contributed by atoms with E-state index in [-0.39, 0.29) is 22.8 Å². The molecule has 7 heteroatoms. The minimum atomic E-state index is -0.245. The van der Waals surface area contributed by atoms with Gasteiger partial charge in [-0.1, -0.05) is 43.9 Å². The largest absolute Gasteiger partial charge is 0.496 e. The molecule has 1 aromatic heterocycles. The Morgan fingerprint density at radius 3 is 2.59 bits per heavy atom. The van der Waals surface area contributed by atoms with Crippen molar-refractivity contribution in [3.8, 4) is 5.75 Å². The summed E-state index contributed by atoms with van der Waals surface area (Å²) < 4.78 is 7.45. The first-order chi connectivity index (χ1) is 13.2. The number of hydrogen-bond acceptors (Lipinski definition) is 4. The van der Waals surface area contributed by atoms with Crippen molar-refractivity contribution in [2.24, 2.45) is 0 Å². The predicted octanol–water partition coefficient (Wildman–Crippen LogP) is 3.86. The molecule has 1 aromatic carbocycles. The number of carbonyl (C=O) groups is 1. The van der Waals surface area contributed by atoms with Crippen LogP contribution in [0.4, 0.5) is 5.82 Å². The molecular formula is C20H25N3O3S. The van der Waals surface area contributed by atoms with Gasteiger partial charge in [0.2, 0.25) is 5.91 Å². The molecule has 144 valence electrons. The van der Waals surface area contributed by atoms with Gasteiger partial charge in [0.05, 0.1) is 29.7 Å². The highest BCUT2D eigenvalue weighted by Gasteiger charge is 2.33. The zero-order valence-electron chi connectivity index (χ0n) is 15.5. The summed E-state index contributed by atoms with van der Waals surface area (Å²) in [5, 5.41) is 5.78. The highest BCUT2D eigenvalue weighted by molar-refractivity contribution is 8.00. The van der Waals surface area contributed by atoms with E-state index >= 15 is 0 Å². The van der Waals surface area contributed by atoms with Crippen molar-refractivity contribution in [1.82, 2.24) is 9.78 Å². The molecular weight excluding hydrogens is 362 g/mol. The molecule has 0 bridgehead atoms. The average molecular weight is 388 g/mol. The minimum Gasteiger partial charge on any atom is -0.496 e. The van der Waals surface area contributed by atoms with E-state index in [0.717, 1.165) is 37.0 Å². The molecule has 6 nitrogen and oxygen atoms in total. The number of nitrogens with zero attached hydrogens (tertiary/aromatic N) is 1. The van der Waals surface area contributed by atoms with E-state index in [1.807, 2.05) is 28.9 Å². The first kappa shape index (κ1) is 18.2. The summed E-state index contributed by atoms with van der Waals surface area (Å²) in [5.74, 6) is 1.61. The first-order valence-electron chi connectivity index (χ1n) is 9.58. The standard InChI is InChI=1S/C20H25N3O3S/c1-26-15-11-7-6-10-14(15)18-17-19(21-16(24)12-27-18)23(22-20(17)25)13-8-4-2-3-5-9-13/h6-7,10-11,13,18H,2-5,8-9,12H2,1H3,(H,21,24)(H,22,25). The van der Waals surface area contributed by atoms with E-state index < -0.39 is 0 Å². The van der Waals surface area contributed by atoms with Crippen molar-refractivity contribution < 1.29 is 9.53 Å². The summed E-state index contributed by atoms with van der Waals surface area (Å²) in [6.45, 7) is 0. The third kappa shape index (κ3) is 3.52. The number of thioether (sulfide) groups is 1. The number of anilines is 1. The first-order valence-corrected chi connectivity index (χ1v) is 10.6. The number of para-hydroxylation sites is 1. The van der Waals surface area contributed by atoms with Gasteiger partial charge in [-0.05, 0) is 18.9 Å². The smallest absolute Gasteiger partial charge is 0.270 e. The SMILES string of the molecule is COc1ccccc1C1SCC(=O)Nc2c1c(=O)[nH]n2C1CCCCCC1. The quantitative estimate of drug-likeness (QED) is 0.784. The Balaban J connectivity index is 1.83. The lowest BCUT2D eigenvalue weighted by atomic mass is 10.0. The molecule has 0 saturated heterocycles. The molecule has 1 saturated carbocycles. The Kier molecular flexibility index (Phi) is 5.29. The number of rotatable bonds is 3. The number of carbonyl (C=O) groups excluding carboxylic acids is 1. The summed E-state index contributed by atoms with van der Waals surface area (Å²) in [6, 6.07) is 7.94. The molecule has 27 heavy (non-hydrogen) atoms. The minimum absolute atomic E-state index is 0.0694. The number of hydrogen-bond donors (Lipinski definition) is 2. The van der Waals surface area contributed by atoms with Crippen LogP contribution in [0.2, 0.25) is 0 Å². The van der Waals surface area contributed by atoms with Crippen LogP contribution in [0.15, 0.2) is 29.1 Å². The lowest BCUT2D eigenvalue weighted by Crippen LogP contribution is -2.19. The van der Waals surface area contributed by atoms with Crippen LogP contribution in [0.1, 0.15) is 60.9 Å². The molecule has 1 unspecified atom stereocenters. The highest BCUT2D eigenvalue weighted by Crippen LogP contribution is 2.44. The number of benzene rings is 1. The number of H-pyrrole nitrogens is 1. The van der Waals surface area contributed by atoms with Gasteiger partial charge in [0, 0.05) is 5.56 Å². The maximum Gasteiger partial charge on any atom is 0.270 e. The summed E-state index contributed by atoms with van der Waals surface area (Å²) in [4.78, 5) is 25.4. The van der Waals surface area contributed by atoms with Crippen molar-refractivity contribution in [3.63, 3.8) is 0 Å². The Labute approximate surface area is 162 Å². The van der Waals surface area contributed by atoms with Gasteiger partial charge in [0.15, 0.2) is 0 Å². The van der Waals surface area contributed by atoms with Gasteiger partial charge in [-0.15, -0.1) is 11.8 Å². The van der Waals surface area contributed by atoms with Crippen molar-refractivity contribution in [2.45, 2.75) is 49.8 Å². The second kappa shape index (κ2) is 7.84. The van der Waals surface area contributed by atoms with Gasteiger partial charge in [-0.3, -0.25) is 19.4 Å². The molecule has 1 amide bonds. The van der Waals surface area contributed by atoms with E-state index in [2.05, 4.69) is 10.4 Å². The number of fused-ring (bicyclic) bond motifs is 1. The Hall–Kier alpha value is -2.15. The van der Waals surface area contributed by atoms with Gasteiger partial charge in [0.25, 0.3) is 5.56 Å². The van der Waals surface area contributed by atoms with Crippen molar-refractivity contribution >= 4 is 23.5 Å².